The van der Waals surface area contributed by atoms with Crippen molar-refractivity contribution in [2.45, 2.75) is 19.4 Å². The second kappa shape index (κ2) is 7.01. The summed E-state index contributed by atoms with van der Waals surface area (Å²) < 4.78 is 7.10. The summed E-state index contributed by atoms with van der Waals surface area (Å²) >= 11 is 0. The normalized spacial score (nSPS) is 12.3. The fraction of sp³-hybridized carbons (Fsp3) is 0.333. The number of carboxylic acids is 1. The van der Waals surface area contributed by atoms with E-state index in [0.717, 1.165) is 11.3 Å². The van der Waals surface area contributed by atoms with E-state index >= 15 is 0 Å². The molecule has 1 aromatic heterocycles. The molecule has 0 bridgehead atoms. The molecule has 6 nitrogen and oxygen atoms in total. The van der Waals surface area contributed by atoms with Crippen LogP contribution in [-0.4, -0.2) is 39.9 Å². The largest absolute Gasteiger partial charge is 0.479 e. The van der Waals surface area contributed by atoms with Gasteiger partial charge < -0.3 is 20.1 Å². The molecule has 2 aromatic rings. The lowest BCUT2D eigenvalue weighted by atomic mass is 10.2. The van der Waals surface area contributed by atoms with E-state index in [1.165, 1.54) is 0 Å². The van der Waals surface area contributed by atoms with Crippen LogP contribution in [0, 0.1) is 6.92 Å². The van der Waals surface area contributed by atoms with E-state index in [0.29, 0.717) is 12.2 Å². The lowest BCUT2D eigenvalue weighted by molar-refractivity contribution is -0.150. The highest BCUT2D eigenvalue weighted by Crippen LogP contribution is 2.14. The van der Waals surface area contributed by atoms with Gasteiger partial charge in [0.05, 0.1) is 18.6 Å². The van der Waals surface area contributed by atoms with Gasteiger partial charge in [0.15, 0.2) is 6.10 Å². The standard InChI is InChI=1S/C15H19N3O3/c1-11-4-2-3-5-13(11)18-9-12(17-10-18)8-14(15(19)20)21-7-6-16/h2-5,9-10,14H,6-8,16H2,1H3,(H,19,20)/t14-/m0/s1. The third-order valence-corrected chi connectivity index (χ3v) is 3.14. The number of aryl methyl sites for hydroxylation is 1. The van der Waals surface area contributed by atoms with E-state index in [1.54, 1.807) is 6.33 Å². The first-order valence-electron chi connectivity index (χ1n) is 6.75. The molecule has 0 spiro atoms. The monoisotopic (exact) mass is 289 g/mol. The van der Waals surface area contributed by atoms with Crippen molar-refractivity contribution in [3.05, 3.63) is 48.0 Å². The molecule has 1 atom stereocenters. The summed E-state index contributed by atoms with van der Waals surface area (Å²) in [6, 6.07) is 7.92. The number of carboxylic acid groups (broad SMARTS) is 1. The zero-order chi connectivity index (χ0) is 15.2. The van der Waals surface area contributed by atoms with Gasteiger partial charge >= 0.3 is 5.97 Å². The molecular formula is C15H19N3O3. The predicted octanol–water partition coefficient (Wildman–Crippen LogP) is 1.15. The summed E-state index contributed by atoms with van der Waals surface area (Å²) in [6.45, 7) is 2.52. The van der Waals surface area contributed by atoms with Crippen molar-refractivity contribution in [3.8, 4) is 5.69 Å². The number of carbonyl (C=O) groups is 1. The molecule has 0 aliphatic rings. The second-order valence-corrected chi connectivity index (χ2v) is 4.75. The maximum Gasteiger partial charge on any atom is 0.333 e. The smallest absolute Gasteiger partial charge is 0.333 e. The Labute approximate surface area is 123 Å². The highest BCUT2D eigenvalue weighted by atomic mass is 16.5. The van der Waals surface area contributed by atoms with Crippen LogP contribution in [0.25, 0.3) is 5.69 Å². The minimum absolute atomic E-state index is 0.216. The number of hydrogen-bond donors (Lipinski definition) is 2. The molecule has 2 rings (SSSR count). The van der Waals surface area contributed by atoms with E-state index in [4.69, 9.17) is 15.6 Å². The summed E-state index contributed by atoms with van der Waals surface area (Å²) in [5, 5.41) is 9.13. The van der Waals surface area contributed by atoms with Crippen molar-refractivity contribution in [3.63, 3.8) is 0 Å². The van der Waals surface area contributed by atoms with Gasteiger partial charge in [0, 0.05) is 24.8 Å². The van der Waals surface area contributed by atoms with Crippen molar-refractivity contribution in [1.29, 1.82) is 0 Å². The molecule has 1 aromatic carbocycles. The van der Waals surface area contributed by atoms with Gasteiger partial charge in [0.1, 0.15) is 0 Å². The molecule has 0 saturated heterocycles. The molecule has 6 heteroatoms. The number of nitrogens with two attached hydrogens (primary N) is 1. The van der Waals surface area contributed by atoms with Crippen molar-refractivity contribution in [1.82, 2.24) is 9.55 Å². The number of para-hydroxylation sites is 1. The van der Waals surface area contributed by atoms with E-state index in [-0.39, 0.29) is 13.0 Å². The zero-order valence-electron chi connectivity index (χ0n) is 11.9. The van der Waals surface area contributed by atoms with Gasteiger partial charge in [-0.3, -0.25) is 0 Å². The number of imidazole rings is 1. The fourth-order valence-corrected chi connectivity index (χ4v) is 2.07. The summed E-state index contributed by atoms with van der Waals surface area (Å²) in [5.74, 6) is -1.01. The number of aliphatic carboxylic acids is 1. The van der Waals surface area contributed by atoms with Crippen molar-refractivity contribution >= 4 is 5.97 Å². The molecule has 0 saturated carbocycles. The maximum atomic E-state index is 11.1. The Morgan fingerprint density at radius 2 is 2.24 bits per heavy atom. The Hall–Kier alpha value is -2.18. The SMILES string of the molecule is Cc1ccccc1-n1cnc(C[C@H](OCCN)C(=O)O)c1. The minimum Gasteiger partial charge on any atom is -0.479 e. The van der Waals surface area contributed by atoms with Crippen LogP contribution < -0.4 is 5.73 Å². The highest BCUT2D eigenvalue weighted by Gasteiger charge is 2.19. The number of nitrogens with zero attached hydrogens (tertiary/aromatic N) is 2. The molecule has 21 heavy (non-hydrogen) atoms. The first-order valence-corrected chi connectivity index (χ1v) is 6.75. The summed E-state index contributed by atoms with van der Waals surface area (Å²) in [4.78, 5) is 15.4. The molecule has 0 amide bonds. The molecule has 0 unspecified atom stereocenters. The highest BCUT2D eigenvalue weighted by molar-refractivity contribution is 5.72. The fourth-order valence-electron chi connectivity index (χ4n) is 2.07. The van der Waals surface area contributed by atoms with Gasteiger partial charge in [-0.1, -0.05) is 18.2 Å². The quantitative estimate of drug-likeness (QED) is 0.798. The number of aromatic nitrogens is 2. The first kappa shape index (κ1) is 15.2. The number of hydrogen-bond acceptors (Lipinski definition) is 4. The van der Waals surface area contributed by atoms with Crippen LogP contribution in [0.2, 0.25) is 0 Å². The van der Waals surface area contributed by atoms with Crippen molar-refractivity contribution < 1.29 is 14.6 Å². The Morgan fingerprint density at radius 1 is 1.48 bits per heavy atom. The topological polar surface area (TPSA) is 90.4 Å². The van der Waals surface area contributed by atoms with Gasteiger partial charge in [0.25, 0.3) is 0 Å². The number of benzene rings is 1. The zero-order valence-corrected chi connectivity index (χ0v) is 11.9. The maximum absolute atomic E-state index is 11.1. The summed E-state index contributed by atoms with van der Waals surface area (Å²) in [5.41, 5.74) is 8.14. The third kappa shape index (κ3) is 3.90. The van der Waals surface area contributed by atoms with Crippen molar-refractivity contribution in [2.24, 2.45) is 5.73 Å². The first-order chi connectivity index (χ1) is 10.1. The van der Waals surface area contributed by atoms with Crippen LogP contribution in [0.5, 0.6) is 0 Å². The summed E-state index contributed by atoms with van der Waals surface area (Å²) in [7, 11) is 0. The van der Waals surface area contributed by atoms with Gasteiger partial charge in [-0.15, -0.1) is 0 Å². The minimum atomic E-state index is -1.01. The number of ether oxygens (including phenoxy) is 1. The molecule has 0 radical (unpaired) electrons. The van der Waals surface area contributed by atoms with Crippen LogP contribution in [0.1, 0.15) is 11.3 Å². The van der Waals surface area contributed by atoms with Crippen LogP contribution in [-0.2, 0) is 16.0 Å². The Balaban J connectivity index is 2.12. The molecule has 3 N–H and O–H groups in total. The predicted molar refractivity (Wildman–Crippen MR) is 78.4 cm³/mol. The van der Waals surface area contributed by atoms with Crippen LogP contribution >= 0.6 is 0 Å². The summed E-state index contributed by atoms with van der Waals surface area (Å²) in [6.07, 6.45) is 2.80. The van der Waals surface area contributed by atoms with Crippen molar-refractivity contribution in [2.75, 3.05) is 13.2 Å². The van der Waals surface area contributed by atoms with E-state index in [2.05, 4.69) is 4.98 Å². The molecule has 1 heterocycles. The third-order valence-electron chi connectivity index (χ3n) is 3.14. The number of rotatable bonds is 7. The van der Waals surface area contributed by atoms with Crippen LogP contribution in [0.3, 0.4) is 0 Å². The average molecular weight is 289 g/mol. The van der Waals surface area contributed by atoms with Gasteiger partial charge in [-0.2, -0.15) is 0 Å². The lowest BCUT2D eigenvalue weighted by Crippen LogP contribution is -2.28. The van der Waals surface area contributed by atoms with Crippen LogP contribution in [0.4, 0.5) is 0 Å². The molecule has 0 aliphatic heterocycles. The van der Waals surface area contributed by atoms with Gasteiger partial charge in [-0.05, 0) is 18.6 Å². The Morgan fingerprint density at radius 3 is 2.90 bits per heavy atom. The Bertz CT molecular complexity index is 610. The van der Waals surface area contributed by atoms with E-state index < -0.39 is 12.1 Å². The van der Waals surface area contributed by atoms with E-state index in [1.807, 2.05) is 42.0 Å². The molecular weight excluding hydrogens is 270 g/mol. The molecule has 112 valence electrons. The average Bonchev–Trinajstić information content (AvgIpc) is 2.92. The van der Waals surface area contributed by atoms with E-state index in [9.17, 15) is 4.79 Å². The molecule has 0 fully saturated rings. The molecule has 0 aliphatic carbocycles. The lowest BCUT2D eigenvalue weighted by Gasteiger charge is -2.11. The van der Waals surface area contributed by atoms with Gasteiger partial charge in [-0.25, -0.2) is 9.78 Å². The van der Waals surface area contributed by atoms with Gasteiger partial charge in [0.2, 0.25) is 0 Å². The second-order valence-electron chi connectivity index (χ2n) is 4.75. The van der Waals surface area contributed by atoms with Crippen LogP contribution in [0.15, 0.2) is 36.8 Å². The Kier molecular flexibility index (Phi) is 5.08.